The highest BCUT2D eigenvalue weighted by Gasteiger charge is 2.03. The van der Waals surface area contributed by atoms with Gasteiger partial charge >= 0.3 is 0 Å². The van der Waals surface area contributed by atoms with E-state index in [1.54, 1.807) is 0 Å². The maximum absolute atomic E-state index is 10.1. The third-order valence-corrected chi connectivity index (χ3v) is 0.927. The molecule has 1 atom stereocenters. The van der Waals surface area contributed by atoms with Crippen LogP contribution in [0.25, 0.3) is 0 Å². The molecule has 0 saturated heterocycles. The van der Waals surface area contributed by atoms with Crippen molar-refractivity contribution in [1.29, 1.82) is 0 Å². The lowest BCUT2D eigenvalue weighted by Crippen LogP contribution is -2.06. The van der Waals surface area contributed by atoms with Gasteiger partial charge in [-0.05, 0) is 18.4 Å². The van der Waals surface area contributed by atoms with Crippen molar-refractivity contribution in [2.24, 2.45) is 5.73 Å². The van der Waals surface area contributed by atoms with E-state index in [-0.39, 0.29) is 0 Å². The van der Waals surface area contributed by atoms with Gasteiger partial charge in [-0.3, -0.25) is 0 Å². The van der Waals surface area contributed by atoms with Crippen molar-refractivity contribution >= 4 is 0 Å². The zero-order chi connectivity index (χ0) is 17.0. The van der Waals surface area contributed by atoms with E-state index in [9.17, 15) is 5.11 Å². The lowest BCUT2D eigenvalue weighted by molar-refractivity contribution is 0.170. The molecule has 0 spiro atoms. The molecule has 0 saturated carbocycles. The summed E-state index contributed by atoms with van der Waals surface area (Å²) < 4.78 is 74.4. The molecule has 0 aromatic heterocycles. The predicted molar refractivity (Wildman–Crippen MR) is 45.1 cm³/mol. The third-order valence-electron chi connectivity index (χ3n) is 0.927. The lowest BCUT2D eigenvalue weighted by atomic mass is 10.1. The summed E-state index contributed by atoms with van der Waals surface area (Å²) in [6.45, 7) is -3.19. The predicted octanol–water partition coefficient (Wildman–Crippen LogP) is 1.07. The molecule has 1 aromatic carbocycles. The lowest BCUT2D eigenvalue weighted by Gasteiger charge is -2.07. The van der Waals surface area contributed by atoms with Crippen LogP contribution in [0.3, 0.4) is 0 Å². The van der Waals surface area contributed by atoms with Crippen LogP contribution in [0.4, 0.5) is 0 Å². The molecular weight excluding hydrogens is 138 g/mol. The highest BCUT2D eigenvalue weighted by Crippen LogP contribution is 2.14. The molecule has 60 valence electrons. The SMILES string of the molecule is [2H]c1c([2H])c([2H])c([C@]([2H])(O)C([2H])([2H])C([2H])([2H])N)c([2H])c1[2H]. The summed E-state index contributed by atoms with van der Waals surface area (Å²) in [6.07, 6.45) is -6.92. The molecule has 0 amide bonds. The van der Waals surface area contributed by atoms with Crippen LogP contribution in [0.15, 0.2) is 30.2 Å². The topological polar surface area (TPSA) is 46.2 Å². The van der Waals surface area contributed by atoms with E-state index in [0.29, 0.717) is 0 Å². The van der Waals surface area contributed by atoms with Crippen molar-refractivity contribution in [3.63, 3.8) is 0 Å². The maximum Gasteiger partial charge on any atom is 0.0802 e. The molecule has 0 unspecified atom stereocenters. The van der Waals surface area contributed by atoms with Crippen molar-refractivity contribution in [3.8, 4) is 0 Å². The van der Waals surface area contributed by atoms with E-state index in [1.807, 2.05) is 0 Å². The van der Waals surface area contributed by atoms with Crippen molar-refractivity contribution < 1.29 is 18.8 Å². The van der Waals surface area contributed by atoms with E-state index < -0.39 is 54.7 Å². The first-order valence-corrected chi connectivity index (χ1v) is 2.76. The summed E-state index contributed by atoms with van der Waals surface area (Å²) in [6, 6.07) is -4.51. The Morgan fingerprint density at radius 2 is 2.27 bits per heavy atom. The molecule has 3 N–H and O–H groups in total. The fraction of sp³-hybridized carbons (Fsp3) is 0.333. The molecule has 0 heterocycles. The van der Waals surface area contributed by atoms with E-state index in [0.717, 1.165) is 0 Å². The van der Waals surface area contributed by atoms with Crippen molar-refractivity contribution in [1.82, 2.24) is 0 Å². The molecule has 0 bridgehead atoms. The van der Waals surface area contributed by atoms with E-state index in [1.165, 1.54) is 0 Å². The van der Waals surface area contributed by atoms with Crippen LogP contribution in [0, 0.1) is 0 Å². The monoisotopic (exact) mass is 161 g/mol. The molecule has 1 rings (SSSR count). The Morgan fingerprint density at radius 3 is 2.82 bits per heavy atom. The molecule has 0 fully saturated rings. The van der Waals surface area contributed by atoms with Crippen LogP contribution >= 0.6 is 0 Å². The van der Waals surface area contributed by atoms with Crippen LogP contribution < -0.4 is 5.73 Å². The second kappa shape index (κ2) is 4.11. The van der Waals surface area contributed by atoms with Gasteiger partial charge in [-0.1, -0.05) is 30.2 Å². The average molecular weight is 161 g/mol. The highest BCUT2D eigenvalue weighted by molar-refractivity contribution is 5.16. The van der Waals surface area contributed by atoms with E-state index >= 15 is 0 Å². The number of nitrogens with two attached hydrogens (primary N) is 1. The first kappa shape index (κ1) is 2.09. The average Bonchev–Trinajstić information content (AvgIpc) is 2.32. The van der Waals surface area contributed by atoms with Crippen molar-refractivity contribution in [2.75, 3.05) is 6.50 Å². The van der Waals surface area contributed by atoms with Crippen LogP contribution in [0.1, 0.15) is 31.7 Å². The summed E-state index contributed by atoms with van der Waals surface area (Å²) >= 11 is 0. The van der Waals surface area contributed by atoms with Gasteiger partial charge in [0.2, 0.25) is 0 Å². The summed E-state index contributed by atoms with van der Waals surface area (Å²) in [5, 5.41) is 10.1. The number of rotatable bonds is 3. The summed E-state index contributed by atoms with van der Waals surface area (Å²) in [7, 11) is 0. The Bertz CT molecular complexity index is 550. The van der Waals surface area contributed by atoms with Crippen molar-refractivity contribution in [3.05, 3.63) is 35.8 Å². The molecule has 11 heavy (non-hydrogen) atoms. The molecule has 0 aliphatic rings. The van der Waals surface area contributed by atoms with Crippen molar-refractivity contribution in [2.45, 2.75) is 12.5 Å². The minimum atomic E-state index is -3.49. The Balaban J connectivity index is 3.76. The molecule has 0 aliphatic heterocycles. The smallest absolute Gasteiger partial charge is 0.0802 e. The van der Waals surface area contributed by atoms with Gasteiger partial charge in [0.05, 0.1) is 14.3 Å². The van der Waals surface area contributed by atoms with E-state index in [4.69, 9.17) is 19.4 Å². The first-order chi connectivity index (χ1) is 9.18. The molecule has 0 aliphatic carbocycles. The Kier molecular flexibility index (Phi) is 0.780. The molecule has 2 nitrogen and oxygen atoms in total. The number of hydrogen-bond acceptors (Lipinski definition) is 2. The van der Waals surface area contributed by atoms with Gasteiger partial charge in [0.1, 0.15) is 0 Å². The quantitative estimate of drug-likeness (QED) is 0.696. The number of aliphatic hydroxyl groups is 1. The van der Waals surface area contributed by atoms with Gasteiger partial charge in [0, 0.05) is 5.48 Å². The van der Waals surface area contributed by atoms with Crippen LogP contribution in [-0.2, 0) is 0 Å². The van der Waals surface area contributed by atoms with Gasteiger partial charge in [-0.2, -0.15) is 0 Å². The number of hydrogen-bond donors (Lipinski definition) is 2. The van der Waals surface area contributed by atoms with Gasteiger partial charge in [0.15, 0.2) is 0 Å². The Labute approximate surface area is 80.7 Å². The fourth-order valence-electron chi connectivity index (χ4n) is 0.499. The van der Waals surface area contributed by atoms with Gasteiger partial charge in [-0.15, -0.1) is 0 Å². The number of benzene rings is 1. The van der Waals surface area contributed by atoms with Gasteiger partial charge < -0.3 is 10.8 Å². The highest BCUT2D eigenvalue weighted by atomic mass is 16.3. The second-order valence-corrected chi connectivity index (χ2v) is 1.62. The van der Waals surface area contributed by atoms with Gasteiger partial charge in [0.25, 0.3) is 0 Å². The fourth-order valence-corrected chi connectivity index (χ4v) is 0.499. The molecular formula is C9H13NO. The largest absolute Gasteiger partial charge is 0.388 e. The normalized spacial score (nSPS) is 31.5. The minimum absolute atomic E-state index is 0.777. The zero-order valence-corrected chi connectivity index (χ0v) is 5.52. The van der Waals surface area contributed by atoms with Gasteiger partial charge in [-0.25, -0.2) is 0 Å². The molecule has 1 aromatic rings. The first-order valence-electron chi connectivity index (χ1n) is 7.76. The Morgan fingerprint density at radius 1 is 1.64 bits per heavy atom. The Hall–Kier alpha value is -0.860. The third kappa shape index (κ3) is 2.33. The standard InChI is InChI=1S/C9H13NO/c10-7-6-9(11)8-4-2-1-3-5-8/h1-5,9,11H,6-7,10H2/t9-/m1/s1/i1D,2D,3D,4D,5D,6D2,7D2,9D. The molecule has 2 heteroatoms. The van der Waals surface area contributed by atoms with Crippen LogP contribution in [0.5, 0.6) is 0 Å². The zero-order valence-electron chi connectivity index (χ0n) is 15.5. The summed E-state index contributed by atoms with van der Waals surface area (Å²) in [5.41, 5.74) is 3.89. The second-order valence-electron chi connectivity index (χ2n) is 1.62. The summed E-state index contributed by atoms with van der Waals surface area (Å²) in [5.74, 6) is 0. The van der Waals surface area contributed by atoms with Crippen LogP contribution in [-0.4, -0.2) is 11.6 Å². The molecule has 0 radical (unpaired) electrons. The van der Waals surface area contributed by atoms with E-state index in [2.05, 4.69) is 0 Å². The summed E-state index contributed by atoms with van der Waals surface area (Å²) in [4.78, 5) is 0. The van der Waals surface area contributed by atoms with Crippen LogP contribution in [0.2, 0.25) is 0 Å². The minimum Gasteiger partial charge on any atom is -0.388 e. The maximum atomic E-state index is 10.1.